The van der Waals surface area contributed by atoms with Crippen molar-refractivity contribution in [2.24, 2.45) is 11.3 Å². The maximum Gasteiger partial charge on any atom is 0.230 e. The molecule has 0 aromatic rings. The quantitative estimate of drug-likeness (QED) is 0.777. The molecule has 102 valence electrons. The monoisotopic (exact) mass is 249 g/mol. The highest BCUT2D eigenvalue weighted by Crippen LogP contribution is 2.26. The van der Waals surface area contributed by atoms with Crippen molar-refractivity contribution < 1.29 is 4.79 Å². The number of carbonyl (C=O) groups excluding carboxylic acids is 1. The fourth-order valence-electron chi connectivity index (χ4n) is 2.22. The summed E-state index contributed by atoms with van der Waals surface area (Å²) < 4.78 is 0. The zero-order chi connectivity index (χ0) is 13.8. The van der Waals surface area contributed by atoms with Crippen LogP contribution in [-0.4, -0.2) is 5.91 Å². The molecule has 0 radical (unpaired) electrons. The third kappa shape index (κ3) is 4.01. The van der Waals surface area contributed by atoms with Crippen LogP contribution in [0.1, 0.15) is 60.3 Å². The van der Waals surface area contributed by atoms with Crippen molar-refractivity contribution in [1.82, 2.24) is 5.32 Å². The smallest absolute Gasteiger partial charge is 0.230 e. The molecule has 1 rings (SSSR count). The van der Waals surface area contributed by atoms with E-state index in [1.807, 2.05) is 13.8 Å². The Morgan fingerprint density at radius 1 is 1.50 bits per heavy atom. The molecule has 0 spiro atoms. The van der Waals surface area contributed by atoms with Crippen LogP contribution in [0.2, 0.25) is 0 Å². The molecule has 1 unspecified atom stereocenters. The number of carbonyl (C=O) groups is 1. The van der Waals surface area contributed by atoms with Crippen LogP contribution in [0.5, 0.6) is 0 Å². The number of unbranched alkanes of at least 4 members (excludes halogenated alkanes) is 1. The van der Waals surface area contributed by atoms with Gasteiger partial charge in [-0.2, -0.15) is 0 Å². The number of allylic oxidation sites excluding steroid dienone is 3. The first-order valence-corrected chi connectivity index (χ1v) is 7.07. The molecule has 1 N–H and O–H groups in total. The minimum Gasteiger partial charge on any atom is -0.326 e. The fraction of sp³-hybridized carbons (Fsp3) is 0.688. The first-order chi connectivity index (χ1) is 8.36. The van der Waals surface area contributed by atoms with Crippen molar-refractivity contribution in [3.8, 4) is 0 Å². The number of amides is 1. The van der Waals surface area contributed by atoms with Crippen LogP contribution >= 0.6 is 0 Å². The lowest BCUT2D eigenvalue weighted by Crippen LogP contribution is -2.37. The summed E-state index contributed by atoms with van der Waals surface area (Å²) in [5.74, 6) is 0.725. The SMILES string of the molecule is CCCCC(C)(C)C(=O)NC1=CCC(C)C=C1C. The molecule has 18 heavy (non-hydrogen) atoms. The molecule has 0 bridgehead atoms. The zero-order valence-electron chi connectivity index (χ0n) is 12.5. The average Bonchev–Trinajstić information content (AvgIpc) is 2.30. The Morgan fingerprint density at radius 2 is 2.17 bits per heavy atom. The second kappa shape index (κ2) is 6.21. The van der Waals surface area contributed by atoms with Gasteiger partial charge in [-0.15, -0.1) is 0 Å². The maximum atomic E-state index is 12.3. The molecule has 0 aromatic carbocycles. The molecule has 1 amide bonds. The first kappa shape index (κ1) is 15.0. The Balaban J connectivity index is 2.63. The van der Waals surface area contributed by atoms with Crippen molar-refractivity contribution in [3.05, 3.63) is 23.4 Å². The van der Waals surface area contributed by atoms with Gasteiger partial charge >= 0.3 is 0 Å². The maximum absolute atomic E-state index is 12.3. The summed E-state index contributed by atoms with van der Waals surface area (Å²) in [5, 5.41) is 3.09. The van der Waals surface area contributed by atoms with E-state index in [4.69, 9.17) is 0 Å². The van der Waals surface area contributed by atoms with Gasteiger partial charge in [0, 0.05) is 11.1 Å². The van der Waals surface area contributed by atoms with Crippen molar-refractivity contribution in [2.45, 2.75) is 60.3 Å². The molecular weight excluding hydrogens is 222 g/mol. The highest BCUT2D eigenvalue weighted by atomic mass is 16.2. The summed E-state index contributed by atoms with van der Waals surface area (Å²) in [6.45, 7) is 10.5. The van der Waals surface area contributed by atoms with Gasteiger partial charge in [0.2, 0.25) is 5.91 Å². The van der Waals surface area contributed by atoms with Crippen molar-refractivity contribution >= 4 is 5.91 Å². The second-order valence-corrected chi connectivity index (χ2v) is 6.12. The first-order valence-electron chi connectivity index (χ1n) is 7.07. The number of hydrogen-bond acceptors (Lipinski definition) is 1. The lowest BCUT2D eigenvalue weighted by atomic mass is 9.85. The minimum absolute atomic E-state index is 0.143. The number of hydrogen-bond donors (Lipinski definition) is 1. The molecule has 0 aliphatic heterocycles. The van der Waals surface area contributed by atoms with Crippen LogP contribution in [0.25, 0.3) is 0 Å². The summed E-state index contributed by atoms with van der Waals surface area (Å²) in [6, 6.07) is 0. The van der Waals surface area contributed by atoms with E-state index in [0.29, 0.717) is 5.92 Å². The molecule has 2 nitrogen and oxygen atoms in total. The van der Waals surface area contributed by atoms with E-state index in [9.17, 15) is 4.79 Å². The van der Waals surface area contributed by atoms with E-state index >= 15 is 0 Å². The van der Waals surface area contributed by atoms with Gasteiger partial charge in [0.1, 0.15) is 0 Å². The summed E-state index contributed by atoms with van der Waals surface area (Å²) in [6.07, 6.45) is 8.58. The molecule has 0 saturated heterocycles. The van der Waals surface area contributed by atoms with Gasteiger partial charge in [0.05, 0.1) is 0 Å². The van der Waals surface area contributed by atoms with Gasteiger partial charge in [-0.05, 0) is 31.3 Å². The summed E-state index contributed by atoms with van der Waals surface area (Å²) >= 11 is 0. The largest absolute Gasteiger partial charge is 0.326 e. The van der Waals surface area contributed by atoms with Gasteiger partial charge in [0.25, 0.3) is 0 Å². The Hall–Kier alpha value is -1.05. The molecule has 1 aliphatic rings. The Morgan fingerprint density at radius 3 is 2.72 bits per heavy atom. The van der Waals surface area contributed by atoms with Crippen LogP contribution in [0, 0.1) is 11.3 Å². The predicted molar refractivity (Wildman–Crippen MR) is 77.1 cm³/mol. The second-order valence-electron chi connectivity index (χ2n) is 6.12. The lowest BCUT2D eigenvalue weighted by molar-refractivity contribution is -0.128. The van der Waals surface area contributed by atoms with E-state index in [1.165, 1.54) is 5.57 Å². The molecule has 1 atom stereocenters. The number of rotatable bonds is 5. The topological polar surface area (TPSA) is 29.1 Å². The predicted octanol–water partition coefficient (Wildman–Crippen LogP) is 4.19. The van der Waals surface area contributed by atoms with Crippen LogP contribution in [0.4, 0.5) is 0 Å². The summed E-state index contributed by atoms with van der Waals surface area (Å²) in [5.41, 5.74) is 1.91. The van der Waals surface area contributed by atoms with Gasteiger partial charge < -0.3 is 5.32 Å². The minimum atomic E-state index is -0.278. The van der Waals surface area contributed by atoms with E-state index in [1.54, 1.807) is 0 Å². The normalized spacial score (nSPS) is 20.2. The Labute approximate surface area is 112 Å². The van der Waals surface area contributed by atoms with Crippen LogP contribution in [0.3, 0.4) is 0 Å². The molecule has 0 fully saturated rings. The molecular formula is C16H27NO. The number of nitrogens with one attached hydrogen (secondary N) is 1. The molecule has 0 aromatic heterocycles. The highest BCUT2D eigenvalue weighted by Gasteiger charge is 2.27. The van der Waals surface area contributed by atoms with Crippen molar-refractivity contribution in [2.75, 3.05) is 0 Å². The van der Waals surface area contributed by atoms with Gasteiger partial charge in [-0.3, -0.25) is 4.79 Å². The van der Waals surface area contributed by atoms with E-state index < -0.39 is 0 Å². The van der Waals surface area contributed by atoms with Crippen LogP contribution in [-0.2, 0) is 4.79 Å². The van der Waals surface area contributed by atoms with Crippen LogP contribution in [0.15, 0.2) is 23.4 Å². The lowest BCUT2D eigenvalue weighted by Gasteiger charge is -2.26. The van der Waals surface area contributed by atoms with E-state index in [-0.39, 0.29) is 11.3 Å². The fourth-order valence-corrected chi connectivity index (χ4v) is 2.22. The van der Waals surface area contributed by atoms with Gasteiger partial charge in [0.15, 0.2) is 0 Å². The molecule has 1 aliphatic carbocycles. The standard InChI is InChI=1S/C16H27NO/c1-6-7-10-16(4,5)15(18)17-14-9-8-12(2)11-13(14)3/h9,11-12H,6-8,10H2,1-5H3,(H,17,18). The average molecular weight is 249 g/mol. The van der Waals surface area contributed by atoms with E-state index in [2.05, 4.69) is 38.2 Å². The third-order valence-corrected chi connectivity index (χ3v) is 3.67. The Kier molecular flexibility index (Phi) is 5.18. The third-order valence-electron chi connectivity index (χ3n) is 3.67. The highest BCUT2D eigenvalue weighted by molar-refractivity contribution is 5.84. The van der Waals surface area contributed by atoms with E-state index in [0.717, 1.165) is 31.4 Å². The molecule has 2 heteroatoms. The van der Waals surface area contributed by atoms with Crippen molar-refractivity contribution in [1.29, 1.82) is 0 Å². The molecule has 0 heterocycles. The Bertz CT molecular complexity index is 363. The van der Waals surface area contributed by atoms with Gasteiger partial charge in [-0.1, -0.05) is 52.7 Å². The summed E-state index contributed by atoms with van der Waals surface area (Å²) in [7, 11) is 0. The zero-order valence-corrected chi connectivity index (χ0v) is 12.5. The molecule has 0 saturated carbocycles. The summed E-state index contributed by atoms with van der Waals surface area (Å²) in [4.78, 5) is 12.3. The van der Waals surface area contributed by atoms with Crippen LogP contribution < -0.4 is 5.32 Å². The van der Waals surface area contributed by atoms with Gasteiger partial charge in [-0.25, -0.2) is 0 Å². The van der Waals surface area contributed by atoms with Crippen molar-refractivity contribution in [3.63, 3.8) is 0 Å².